The second-order valence-corrected chi connectivity index (χ2v) is 8.86. The van der Waals surface area contributed by atoms with Crippen molar-refractivity contribution >= 4 is 23.4 Å². The smallest absolute Gasteiger partial charge is 0.351 e. The third kappa shape index (κ3) is 3.85. The third-order valence-electron chi connectivity index (χ3n) is 6.97. The van der Waals surface area contributed by atoms with Gasteiger partial charge in [-0.15, -0.1) is 0 Å². The first-order chi connectivity index (χ1) is 15.1. The number of hydrogen-bond donors (Lipinski definition) is 1. The zero-order valence-corrected chi connectivity index (χ0v) is 18.2. The van der Waals surface area contributed by atoms with Crippen LogP contribution < -0.4 is 5.32 Å². The number of halogens is 4. The summed E-state index contributed by atoms with van der Waals surface area (Å²) in [5, 5.41) is 2.15. The largest absolute Gasteiger partial charge is 0.417 e. The quantitative estimate of drug-likeness (QED) is 0.698. The number of nitrogens with one attached hydrogen (secondary N) is 1. The minimum absolute atomic E-state index is 0.0403. The Balaban J connectivity index is 1.63. The molecule has 1 aromatic heterocycles. The number of nitrogens with zero attached hydrogens (tertiary/aromatic N) is 2. The van der Waals surface area contributed by atoms with E-state index in [0.717, 1.165) is 43.4 Å². The van der Waals surface area contributed by atoms with Gasteiger partial charge in [-0.25, -0.2) is 0 Å². The number of alkyl halides is 3. The fraction of sp³-hybridized carbons (Fsp3) is 0.435. The van der Waals surface area contributed by atoms with Gasteiger partial charge in [0, 0.05) is 37.8 Å². The average Bonchev–Trinajstić information content (AvgIpc) is 2.77. The number of carbonyl (C=O) groups is 2. The second kappa shape index (κ2) is 8.39. The molecule has 3 fully saturated rings. The van der Waals surface area contributed by atoms with E-state index < -0.39 is 28.2 Å². The molecule has 1 aliphatic carbocycles. The van der Waals surface area contributed by atoms with Crippen LogP contribution in [0, 0.1) is 5.92 Å². The average molecular weight is 466 g/mol. The highest BCUT2D eigenvalue weighted by Gasteiger charge is 2.53. The van der Waals surface area contributed by atoms with Gasteiger partial charge in [0.2, 0.25) is 5.91 Å². The summed E-state index contributed by atoms with van der Waals surface area (Å²) in [6.45, 7) is 0.151. The molecule has 2 amide bonds. The summed E-state index contributed by atoms with van der Waals surface area (Å²) in [5.74, 6) is -0.781. The van der Waals surface area contributed by atoms with Crippen molar-refractivity contribution in [2.75, 3.05) is 13.6 Å². The molecule has 1 saturated carbocycles. The van der Waals surface area contributed by atoms with Gasteiger partial charge < -0.3 is 10.2 Å². The van der Waals surface area contributed by atoms with E-state index in [1.165, 1.54) is 6.07 Å². The number of rotatable bonds is 5. The van der Waals surface area contributed by atoms with Crippen LogP contribution in [-0.2, 0) is 11.0 Å². The first-order valence-corrected chi connectivity index (χ1v) is 10.8. The van der Waals surface area contributed by atoms with E-state index in [1.807, 2.05) is 12.1 Å². The molecule has 9 heteroatoms. The van der Waals surface area contributed by atoms with Crippen LogP contribution in [0.15, 0.2) is 42.7 Å². The zero-order chi connectivity index (χ0) is 23.1. The Hall–Kier alpha value is -2.61. The van der Waals surface area contributed by atoms with Crippen molar-refractivity contribution in [3.8, 4) is 0 Å². The van der Waals surface area contributed by atoms with Crippen molar-refractivity contribution in [1.29, 1.82) is 0 Å². The number of likely N-dealkylation sites (N-methyl/N-ethyl adjacent to an activating group) is 1. The molecule has 32 heavy (non-hydrogen) atoms. The van der Waals surface area contributed by atoms with Crippen molar-refractivity contribution in [3.05, 3.63) is 64.4 Å². The van der Waals surface area contributed by atoms with Crippen LogP contribution in [0.5, 0.6) is 0 Å². The number of benzene rings is 1. The van der Waals surface area contributed by atoms with Gasteiger partial charge in [0.25, 0.3) is 5.91 Å². The summed E-state index contributed by atoms with van der Waals surface area (Å²) in [7, 11) is 1.80. The molecular formula is C23H23ClF3N3O2. The highest BCUT2D eigenvalue weighted by molar-refractivity contribution is 6.34. The number of fused-ring (bicyclic) bond motifs is 3. The number of carbonyl (C=O) groups excluding carboxylic acids is 2. The molecule has 170 valence electrons. The van der Waals surface area contributed by atoms with E-state index in [-0.39, 0.29) is 29.9 Å². The van der Waals surface area contributed by atoms with E-state index >= 15 is 0 Å². The Labute approximate surface area is 189 Å². The highest BCUT2D eigenvalue weighted by Crippen LogP contribution is 2.50. The summed E-state index contributed by atoms with van der Waals surface area (Å²) in [4.78, 5) is 31.5. The lowest BCUT2D eigenvalue weighted by molar-refractivity contribution is -0.155. The number of amides is 2. The van der Waals surface area contributed by atoms with Crippen LogP contribution in [-0.4, -0.2) is 40.8 Å². The number of piperidine rings is 2. The van der Waals surface area contributed by atoms with Crippen molar-refractivity contribution < 1.29 is 22.8 Å². The molecule has 2 aliphatic heterocycles. The summed E-state index contributed by atoms with van der Waals surface area (Å²) < 4.78 is 39.6. The summed E-state index contributed by atoms with van der Waals surface area (Å²) in [6.07, 6.45) is 1.83. The maximum Gasteiger partial charge on any atom is 0.417 e. The Bertz CT molecular complexity index is 1020. The maximum atomic E-state index is 13.2. The van der Waals surface area contributed by atoms with Crippen LogP contribution in [0.2, 0.25) is 5.02 Å². The third-order valence-corrected chi connectivity index (χ3v) is 7.38. The summed E-state index contributed by atoms with van der Waals surface area (Å²) in [6, 6.07) is 6.98. The molecule has 5 nitrogen and oxygen atoms in total. The fourth-order valence-electron chi connectivity index (χ4n) is 5.21. The second-order valence-electron chi connectivity index (χ2n) is 8.48. The van der Waals surface area contributed by atoms with Crippen LogP contribution in [0.4, 0.5) is 13.2 Å². The Morgan fingerprint density at radius 2 is 1.91 bits per heavy atom. The molecule has 2 bridgehead atoms. The Morgan fingerprint density at radius 3 is 2.53 bits per heavy atom. The van der Waals surface area contributed by atoms with Crippen LogP contribution in [0.25, 0.3) is 0 Å². The molecular weight excluding hydrogens is 443 g/mol. The van der Waals surface area contributed by atoms with Gasteiger partial charge in [0.1, 0.15) is 0 Å². The van der Waals surface area contributed by atoms with Crippen molar-refractivity contribution in [1.82, 2.24) is 15.2 Å². The minimum Gasteiger partial charge on any atom is -0.351 e. The number of aromatic nitrogens is 1. The lowest BCUT2D eigenvalue weighted by Crippen LogP contribution is -2.63. The molecule has 3 heterocycles. The van der Waals surface area contributed by atoms with E-state index in [4.69, 9.17) is 11.6 Å². The van der Waals surface area contributed by atoms with E-state index in [1.54, 1.807) is 24.3 Å². The van der Waals surface area contributed by atoms with Gasteiger partial charge in [-0.05, 0) is 55.5 Å². The molecule has 0 spiro atoms. The lowest BCUT2D eigenvalue weighted by atomic mass is 9.63. The monoisotopic (exact) mass is 465 g/mol. The van der Waals surface area contributed by atoms with Gasteiger partial charge in [-0.3, -0.25) is 14.6 Å². The standard InChI is InChI=1S/C23H23ClF3N3O2/c1-30-21(32)15-5-9-22(30,10-6-15)18(14-7-11-28-12-8-14)13-29-20(31)16-3-2-4-17(19(16)24)23(25,26)27/h2-4,7-8,11-12,15,18H,5-6,9-10,13H2,1H3,(H,29,31)/t15?,18-,22?/m1/s1. The molecule has 1 atom stereocenters. The van der Waals surface area contributed by atoms with Gasteiger partial charge in [0.05, 0.1) is 21.7 Å². The number of pyridine rings is 1. The minimum atomic E-state index is -4.66. The van der Waals surface area contributed by atoms with Crippen molar-refractivity contribution in [3.63, 3.8) is 0 Å². The van der Waals surface area contributed by atoms with E-state index in [0.29, 0.717) is 0 Å². The molecule has 3 aliphatic rings. The summed E-state index contributed by atoms with van der Waals surface area (Å²) >= 11 is 5.93. The molecule has 2 aromatic rings. The first-order valence-electron chi connectivity index (χ1n) is 10.5. The van der Waals surface area contributed by atoms with Crippen LogP contribution >= 0.6 is 11.6 Å². The topological polar surface area (TPSA) is 62.3 Å². The predicted molar refractivity (Wildman–Crippen MR) is 113 cm³/mol. The highest BCUT2D eigenvalue weighted by atomic mass is 35.5. The lowest BCUT2D eigenvalue weighted by Gasteiger charge is -2.56. The van der Waals surface area contributed by atoms with Crippen LogP contribution in [0.3, 0.4) is 0 Å². The molecule has 1 N–H and O–H groups in total. The van der Waals surface area contributed by atoms with Gasteiger partial charge >= 0.3 is 6.18 Å². The summed E-state index contributed by atoms with van der Waals surface area (Å²) in [5.41, 5.74) is -0.843. The normalized spacial score (nSPS) is 23.8. The predicted octanol–water partition coefficient (Wildman–Crippen LogP) is 4.67. The van der Waals surface area contributed by atoms with Crippen molar-refractivity contribution in [2.45, 2.75) is 43.3 Å². The number of hydrogen-bond acceptors (Lipinski definition) is 3. The van der Waals surface area contributed by atoms with E-state index in [9.17, 15) is 22.8 Å². The first kappa shape index (κ1) is 22.6. The maximum absolute atomic E-state index is 13.2. The zero-order valence-electron chi connectivity index (χ0n) is 17.5. The van der Waals surface area contributed by atoms with E-state index in [2.05, 4.69) is 10.3 Å². The fourth-order valence-corrected chi connectivity index (χ4v) is 5.52. The Kier molecular flexibility index (Phi) is 5.92. The van der Waals surface area contributed by atoms with Crippen molar-refractivity contribution in [2.24, 2.45) is 5.92 Å². The molecule has 0 radical (unpaired) electrons. The SMILES string of the molecule is CN1C(=O)C2CCC1([C@H](CNC(=O)c1cccc(C(F)(F)F)c1Cl)c1ccncc1)CC2. The Morgan fingerprint density at radius 1 is 1.25 bits per heavy atom. The van der Waals surface area contributed by atoms with Crippen LogP contribution in [0.1, 0.15) is 53.1 Å². The van der Waals surface area contributed by atoms with Gasteiger partial charge in [-0.1, -0.05) is 17.7 Å². The van der Waals surface area contributed by atoms with Gasteiger partial charge in [-0.2, -0.15) is 13.2 Å². The molecule has 0 unspecified atom stereocenters. The molecule has 1 aromatic carbocycles. The van der Waals surface area contributed by atoms with Gasteiger partial charge in [0.15, 0.2) is 0 Å². The molecule has 5 rings (SSSR count). The molecule has 2 saturated heterocycles.